The lowest BCUT2D eigenvalue weighted by atomic mass is 9.98. The summed E-state index contributed by atoms with van der Waals surface area (Å²) < 4.78 is 12.1. The van der Waals surface area contributed by atoms with Crippen LogP contribution in [0, 0.1) is 0 Å². The minimum Gasteiger partial charge on any atom is -0.371 e. The molecule has 0 aromatic carbocycles. The largest absolute Gasteiger partial charge is 0.371 e. The maximum absolute atomic E-state index is 12.5. The molecule has 2 fully saturated rings. The highest BCUT2D eigenvalue weighted by molar-refractivity contribution is 7.08. The quantitative estimate of drug-likeness (QED) is 0.825. The summed E-state index contributed by atoms with van der Waals surface area (Å²) in [4.78, 5) is 18.4. The molecule has 2 aromatic heterocycles. The van der Waals surface area contributed by atoms with E-state index < -0.39 is 0 Å². The van der Waals surface area contributed by atoms with Crippen molar-refractivity contribution in [2.75, 3.05) is 19.7 Å². The van der Waals surface area contributed by atoms with Crippen LogP contribution in [0.2, 0.25) is 0 Å². The van der Waals surface area contributed by atoms with Gasteiger partial charge in [-0.1, -0.05) is 0 Å². The van der Waals surface area contributed by atoms with Crippen LogP contribution in [0.4, 0.5) is 0 Å². The number of amides is 1. The number of hydrogen-bond acceptors (Lipinski definition) is 5. The van der Waals surface area contributed by atoms with Crippen LogP contribution in [0.25, 0.3) is 0 Å². The van der Waals surface area contributed by atoms with Crippen molar-refractivity contribution in [2.24, 2.45) is 0 Å². The third-order valence-corrected chi connectivity index (χ3v) is 5.75. The highest BCUT2D eigenvalue weighted by Gasteiger charge is 2.47. The molecule has 4 rings (SSSR count). The lowest BCUT2D eigenvalue weighted by molar-refractivity contribution is -0.130. The fourth-order valence-corrected chi connectivity index (χ4v) is 4.29. The summed E-state index contributed by atoms with van der Waals surface area (Å²) in [5.41, 5.74) is 2.00. The van der Waals surface area contributed by atoms with Gasteiger partial charge in [-0.25, -0.2) is 0 Å². The van der Waals surface area contributed by atoms with Gasteiger partial charge in [-0.15, -0.1) is 0 Å². The highest BCUT2D eigenvalue weighted by Crippen LogP contribution is 2.36. The summed E-state index contributed by atoms with van der Waals surface area (Å²) in [7, 11) is 0. The number of carbonyl (C=O) groups is 1. The molecule has 4 heterocycles. The van der Waals surface area contributed by atoms with Gasteiger partial charge in [0, 0.05) is 31.9 Å². The molecule has 0 N–H and O–H groups in total. The Hall–Kier alpha value is -1.76. The predicted molar refractivity (Wildman–Crippen MR) is 95.3 cm³/mol. The zero-order chi connectivity index (χ0) is 17.1. The fraction of sp³-hybridized carbons (Fsp3) is 0.474. The topological polar surface area (TPSA) is 51.7 Å². The van der Waals surface area contributed by atoms with Gasteiger partial charge in [-0.05, 0) is 46.5 Å². The average Bonchev–Trinajstić information content (AvgIpc) is 3.37. The smallest absolute Gasteiger partial charge is 0.227 e. The molecule has 2 saturated heterocycles. The van der Waals surface area contributed by atoms with Crippen molar-refractivity contribution in [3.05, 3.63) is 52.5 Å². The molecular weight excluding hydrogens is 336 g/mol. The molecule has 132 valence electrons. The van der Waals surface area contributed by atoms with E-state index in [1.807, 2.05) is 33.9 Å². The number of pyridine rings is 1. The zero-order valence-corrected chi connectivity index (χ0v) is 14.9. The van der Waals surface area contributed by atoms with E-state index in [9.17, 15) is 4.79 Å². The average molecular weight is 358 g/mol. The second kappa shape index (κ2) is 7.23. The SMILES string of the molecule is O=C(Cc1ccsc1)N1CC[C@]2(C[C@@H](OCc3ccncc3)CO2)C1. The number of thiophene rings is 1. The highest BCUT2D eigenvalue weighted by atomic mass is 32.1. The first-order valence-electron chi connectivity index (χ1n) is 8.66. The molecule has 6 heteroatoms. The third-order valence-electron chi connectivity index (χ3n) is 5.01. The van der Waals surface area contributed by atoms with Crippen LogP contribution in [0.1, 0.15) is 24.0 Å². The second-order valence-electron chi connectivity index (χ2n) is 6.86. The van der Waals surface area contributed by atoms with Crippen molar-refractivity contribution in [1.29, 1.82) is 0 Å². The van der Waals surface area contributed by atoms with Crippen molar-refractivity contribution >= 4 is 17.2 Å². The van der Waals surface area contributed by atoms with E-state index in [4.69, 9.17) is 9.47 Å². The first-order chi connectivity index (χ1) is 12.2. The molecule has 5 nitrogen and oxygen atoms in total. The van der Waals surface area contributed by atoms with Crippen molar-refractivity contribution < 1.29 is 14.3 Å². The molecule has 1 spiro atoms. The zero-order valence-electron chi connectivity index (χ0n) is 14.1. The Labute approximate surface area is 151 Å². The van der Waals surface area contributed by atoms with Crippen LogP contribution >= 0.6 is 11.3 Å². The minimum atomic E-state index is -0.215. The summed E-state index contributed by atoms with van der Waals surface area (Å²) in [6.07, 6.45) is 5.90. The van der Waals surface area contributed by atoms with Gasteiger partial charge in [0.25, 0.3) is 0 Å². The number of ether oxygens (including phenoxy) is 2. The minimum absolute atomic E-state index is 0.0973. The standard InChI is InChI=1S/C19H22N2O3S/c22-18(9-16-3-8-25-13-16)21-7-4-19(14-21)10-17(12-24-19)23-11-15-1-5-20-6-2-15/h1-3,5-6,8,13,17H,4,7,9-12,14H2/t17-,19+/m1/s1. The van der Waals surface area contributed by atoms with Crippen molar-refractivity contribution in [3.8, 4) is 0 Å². The molecule has 2 aliphatic rings. The molecule has 0 saturated carbocycles. The summed E-state index contributed by atoms with van der Waals surface area (Å²) in [5, 5.41) is 4.05. The van der Waals surface area contributed by atoms with Crippen LogP contribution in [-0.2, 0) is 27.3 Å². The molecule has 0 aliphatic carbocycles. The van der Waals surface area contributed by atoms with E-state index in [0.717, 1.165) is 30.5 Å². The van der Waals surface area contributed by atoms with E-state index in [1.54, 1.807) is 23.7 Å². The third kappa shape index (κ3) is 3.92. The van der Waals surface area contributed by atoms with Gasteiger partial charge in [0.15, 0.2) is 0 Å². The molecule has 1 amide bonds. The van der Waals surface area contributed by atoms with E-state index in [2.05, 4.69) is 4.98 Å². The van der Waals surface area contributed by atoms with Crippen molar-refractivity contribution in [1.82, 2.24) is 9.88 Å². The number of likely N-dealkylation sites (tertiary alicyclic amines) is 1. The fourth-order valence-electron chi connectivity index (χ4n) is 3.62. The summed E-state index contributed by atoms with van der Waals surface area (Å²) in [6.45, 7) is 2.65. The lowest BCUT2D eigenvalue weighted by Gasteiger charge is -2.23. The van der Waals surface area contributed by atoms with Gasteiger partial charge in [0.05, 0.1) is 31.3 Å². The van der Waals surface area contributed by atoms with Crippen LogP contribution in [0.5, 0.6) is 0 Å². The predicted octanol–water partition coefficient (Wildman–Crippen LogP) is 2.66. The number of nitrogens with zero attached hydrogens (tertiary/aromatic N) is 2. The molecule has 0 unspecified atom stereocenters. The van der Waals surface area contributed by atoms with Gasteiger partial charge < -0.3 is 14.4 Å². The van der Waals surface area contributed by atoms with E-state index in [-0.39, 0.29) is 17.6 Å². The second-order valence-corrected chi connectivity index (χ2v) is 7.64. The van der Waals surface area contributed by atoms with Crippen LogP contribution < -0.4 is 0 Å². The van der Waals surface area contributed by atoms with Gasteiger partial charge in [-0.2, -0.15) is 11.3 Å². The van der Waals surface area contributed by atoms with E-state index in [1.165, 1.54) is 0 Å². The Balaban J connectivity index is 1.28. The van der Waals surface area contributed by atoms with Gasteiger partial charge in [0.2, 0.25) is 5.91 Å². The molecule has 2 aromatic rings. The molecular formula is C19H22N2O3S. The van der Waals surface area contributed by atoms with E-state index >= 15 is 0 Å². The van der Waals surface area contributed by atoms with Gasteiger partial charge in [0.1, 0.15) is 0 Å². The molecule has 2 atom stereocenters. The van der Waals surface area contributed by atoms with Gasteiger partial charge >= 0.3 is 0 Å². The van der Waals surface area contributed by atoms with E-state index in [0.29, 0.717) is 26.2 Å². The summed E-state index contributed by atoms with van der Waals surface area (Å²) in [5.74, 6) is 0.194. The number of rotatable bonds is 5. The summed E-state index contributed by atoms with van der Waals surface area (Å²) in [6, 6.07) is 5.95. The molecule has 0 bridgehead atoms. The maximum atomic E-state index is 12.5. The molecule has 25 heavy (non-hydrogen) atoms. The molecule has 0 radical (unpaired) electrons. The Morgan fingerprint density at radius 2 is 2.24 bits per heavy atom. The van der Waals surface area contributed by atoms with Crippen LogP contribution in [0.3, 0.4) is 0 Å². The van der Waals surface area contributed by atoms with Gasteiger partial charge in [-0.3, -0.25) is 9.78 Å². The number of aromatic nitrogens is 1. The Bertz CT molecular complexity index is 707. The monoisotopic (exact) mass is 358 g/mol. The Morgan fingerprint density at radius 1 is 1.36 bits per heavy atom. The Kier molecular flexibility index (Phi) is 4.83. The van der Waals surface area contributed by atoms with Crippen LogP contribution in [-0.4, -0.2) is 47.2 Å². The van der Waals surface area contributed by atoms with Crippen LogP contribution in [0.15, 0.2) is 41.4 Å². The summed E-state index contributed by atoms with van der Waals surface area (Å²) >= 11 is 1.63. The van der Waals surface area contributed by atoms with Crippen molar-refractivity contribution in [2.45, 2.75) is 37.6 Å². The first-order valence-corrected chi connectivity index (χ1v) is 9.60. The molecule has 2 aliphatic heterocycles. The Morgan fingerprint density at radius 3 is 3.04 bits per heavy atom. The number of carbonyl (C=O) groups excluding carboxylic acids is 1. The normalized spacial score (nSPS) is 25.8. The lowest BCUT2D eigenvalue weighted by Crippen LogP contribution is -2.36. The van der Waals surface area contributed by atoms with Crippen molar-refractivity contribution in [3.63, 3.8) is 0 Å². The first kappa shape index (κ1) is 16.7. The maximum Gasteiger partial charge on any atom is 0.227 e. The number of hydrogen-bond donors (Lipinski definition) is 0.